The number of nitrogens with zero attached hydrogens (tertiary/aromatic N) is 1. The van der Waals surface area contributed by atoms with Crippen LogP contribution in [0.5, 0.6) is 0 Å². The second kappa shape index (κ2) is 6.62. The molecule has 0 saturated carbocycles. The van der Waals surface area contributed by atoms with Crippen molar-refractivity contribution in [3.05, 3.63) is 33.8 Å². The predicted octanol–water partition coefficient (Wildman–Crippen LogP) is 5.12. The summed E-state index contributed by atoms with van der Waals surface area (Å²) in [6, 6.07) is 5.44. The fraction of sp³-hybridized carbons (Fsp3) is 0.533. The first-order valence-corrected chi connectivity index (χ1v) is 7.30. The van der Waals surface area contributed by atoms with Crippen LogP contribution in [0.1, 0.15) is 46.1 Å². The first-order chi connectivity index (χ1) is 8.81. The van der Waals surface area contributed by atoms with Crippen LogP contribution in [0.15, 0.2) is 23.3 Å². The Kier molecular flexibility index (Phi) is 5.69. The molecule has 1 rings (SSSR count). The Morgan fingerprint density at radius 3 is 2.37 bits per heavy atom. The summed E-state index contributed by atoms with van der Waals surface area (Å²) in [6.07, 6.45) is 2.10. The number of benzene rings is 1. The van der Waals surface area contributed by atoms with Gasteiger partial charge in [-0.3, -0.25) is 0 Å². The Balaban J connectivity index is 3.25. The minimum Gasteiger partial charge on any atom is -0.323 e. The number of hydrazone groups is 1. The van der Waals surface area contributed by atoms with Gasteiger partial charge in [-0.05, 0) is 24.0 Å². The van der Waals surface area contributed by atoms with Gasteiger partial charge in [0.1, 0.15) is 0 Å². The minimum absolute atomic E-state index is 0.0805. The van der Waals surface area contributed by atoms with Crippen LogP contribution < -0.4 is 5.84 Å². The molecule has 1 aromatic carbocycles. The van der Waals surface area contributed by atoms with E-state index in [1.165, 1.54) is 0 Å². The molecule has 0 saturated heterocycles. The smallest absolute Gasteiger partial charge is 0.0723 e. The van der Waals surface area contributed by atoms with Crippen molar-refractivity contribution in [2.75, 3.05) is 0 Å². The summed E-state index contributed by atoms with van der Waals surface area (Å²) < 4.78 is 0. The average molecular weight is 301 g/mol. The molecule has 1 atom stereocenters. The summed E-state index contributed by atoms with van der Waals surface area (Å²) in [4.78, 5) is 0. The molecule has 4 heteroatoms. The minimum atomic E-state index is 0.0805. The molecule has 106 valence electrons. The molecule has 1 unspecified atom stereocenters. The molecule has 1 aromatic rings. The summed E-state index contributed by atoms with van der Waals surface area (Å²) in [5.41, 5.74) is 1.81. The molecule has 0 amide bonds. The molecule has 2 nitrogen and oxygen atoms in total. The highest BCUT2D eigenvalue weighted by Gasteiger charge is 2.30. The van der Waals surface area contributed by atoms with Crippen LogP contribution in [-0.2, 0) is 0 Å². The van der Waals surface area contributed by atoms with E-state index in [4.69, 9.17) is 29.0 Å². The summed E-state index contributed by atoms with van der Waals surface area (Å²) >= 11 is 12.2. The second-order valence-electron chi connectivity index (χ2n) is 5.85. The lowest BCUT2D eigenvalue weighted by Crippen LogP contribution is -2.30. The Morgan fingerprint density at radius 1 is 1.32 bits per heavy atom. The lowest BCUT2D eigenvalue weighted by atomic mass is 9.73. The Hall–Kier alpha value is -0.730. The van der Waals surface area contributed by atoms with Gasteiger partial charge in [0, 0.05) is 16.5 Å². The quantitative estimate of drug-likeness (QED) is 0.468. The van der Waals surface area contributed by atoms with Gasteiger partial charge in [-0.2, -0.15) is 5.10 Å². The van der Waals surface area contributed by atoms with E-state index < -0.39 is 0 Å². The van der Waals surface area contributed by atoms with Crippen LogP contribution in [0.4, 0.5) is 0 Å². The molecule has 0 fully saturated rings. The highest BCUT2D eigenvalue weighted by molar-refractivity contribution is 6.37. The van der Waals surface area contributed by atoms with Gasteiger partial charge in [0.05, 0.1) is 10.7 Å². The average Bonchev–Trinajstić information content (AvgIpc) is 2.30. The van der Waals surface area contributed by atoms with Gasteiger partial charge in [-0.15, -0.1) is 0 Å². The second-order valence-corrected chi connectivity index (χ2v) is 6.69. The van der Waals surface area contributed by atoms with Gasteiger partial charge in [0.2, 0.25) is 0 Å². The zero-order valence-electron chi connectivity index (χ0n) is 12.0. The highest BCUT2D eigenvalue weighted by Crippen LogP contribution is 2.35. The molecule has 0 radical (unpaired) electrons. The van der Waals surface area contributed by atoms with Crippen molar-refractivity contribution in [1.29, 1.82) is 0 Å². The number of hydrogen-bond donors (Lipinski definition) is 1. The first-order valence-electron chi connectivity index (χ1n) is 6.54. The van der Waals surface area contributed by atoms with Gasteiger partial charge >= 0.3 is 0 Å². The summed E-state index contributed by atoms with van der Waals surface area (Å²) in [5.74, 6) is 5.90. The van der Waals surface area contributed by atoms with E-state index in [2.05, 4.69) is 32.8 Å². The van der Waals surface area contributed by atoms with Gasteiger partial charge < -0.3 is 5.84 Å². The van der Waals surface area contributed by atoms with Crippen LogP contribution in [0.3, 0.4) is 0 Å². The number of nitrogens with two attached hydrogens (primary N) is 1. The van der Waals surface area contributed by atoms with E-state index in [0.29, 0.717) is 10.0 Å². The molecule has 0 bridgehead atoms. The van der Waals surface area contributed by atoms with E-state index in [-0.39, 0.29) is 11.3 Å². The van der Waals surface area contributed by atoms with E-state index in [1.54, 1.807) is 6.07 Å². The maximum Gasteiger partial charge on any atom is 0.0723 e. The van der Waals surface area contributed by atoms with Crippen LogP contribution in [0, 0.1) is 11.3 Å². The van der Waals surface area contributed by atoms with Gasteiger partial charge in [-0.1, -0.05) is 63.4 Å². The van der Waals surface area contributed by atoms with Crippen LogP contribution in [-0.4, -0.2) is 5.71 Å². The van der Waals surface area contributed by atoms with Gasteiger partial charge in [0.25, 0.3) is 0 Å². The monoisotopic (exact) mass is 300 g/mol. The Labute approximate surface area is 126 Å². The lowest BCUT2D eigenvalue weighted by Gasteiger charge is -2.32. The third kappa shape index (κ3) is 4.12. The first kappa shape index (κ1) is 16.3. The largest absolute Gasteiger partial charge is 0.323 e. The molecule has 0 aliphatic carbocycles. The zero-order chi connectivity index (χ0) is 14.6. The van der Waals surface area contributed by atoms with Crippen LogP contribution >= 0.6 is 23.2 Å². The van der Waals surface area contributed by atoms with Crippen molar-refractivity contribution in [1.82, 2.24) is 0 Å². The Bertz CT molecular complexity index is 462. The van der Waals surface area contributed by atoms with Crippen molar-refractivity contribution < 1.29 is 0 Å². The fourth-order valence-corrected chi connectivity index (χ4v) is 2.82. The number of hydrogen-bond acceptors (Lipinski definition) is 2. The molecular formula is C15H22Cl2N2. The summed E-state index contributed by atoms with van der Waals surface area (Å²) in [7, 11) is 0. The molecule has 2 N–H and O–H groups in total. The van der Waals surface area contributed by atoms with Gasteiger partial charge in [-0.25, -0.2) is 0 Å². The fourth-order valence-electron chi connectivity index (χ4n) is 2.31. The third-order valence-electron chi connectivity index (χ3n) is 3.30. The van der Waals surface area contributed by atoms with Crippen molar-refractivity contribution in [2.24, 2.45) is 22.3 Å². The molecule has 19 heavy (non-hydrogen) atoms. The highest BCUT2D eigenvalue weighted by atomic mass is 35.5. The summed E-state index contributed by atoms with van der Waals surface area (Å²) in [5, 5.41) is 5.24. The van der Waals surface area contributed by atoms with Crippen molar-refractivity contribution in [2.45, 2.75) is 40.5 Å². The predicted molar refractivity (Wildman–Crippen MR) is 85.0 cm³/mol. The molecular weight excluding hydrogens is 279 g/mol. The number of halogens is 2. The lowest BCUT2D eigenvalue weighted by molar-refractivity contribution is 0.296. The third-order valence-corrected chi connectivity index (χ3v) is 3.85. The zero-order valence-corrected chi connectivity index (χ0v) is 13.5. The van der Waals surface area contributed by atoms with Crippen molar-refractivity contribution in [3.63, 3.8) is 0 Å². The molecule has 0 heterocycles. The SMILES string of the molecule is CCCC(/C(=N\N)c1ccc(Cl)cc1Cl)C(C)(C)C. The van der Waals surface area contributed by atoms with Crippen molar-refractivity contribution in [3.8, 4) is 0 Å². The number of rotatable bonds is 4. The van der Waals surface area contributed by atoms with Gasteiger partial charge in [0.15, 0.2) is 0 Å². The van der Waals surface area contributed by atoms with Crippen LogP contribution in [0.25, 0.3) is 0 Å². The maximum atomic E-state index is 6.28. The van der Waals surface area contributed by atoms with E-state index in [9.17, 15) is 0 Å². The van der Waals surface area contributed by atoms with Crippen molar-refractivity contribution >= 4 is 28.9 Å². The van der Waals surface area contributed by atoms with E-state index in [0.717, 1.165) is 24.1 Å². The molecule has 0 spiro atoms. The van der Waals surface area contributed by atoms with E-state index >= 15 is 0 Å². The standard InChI is InChI=1S/C15H22Cl2N2/c1-5-6-12(15(2,3)4)14(19-18)11-8-7-10(16)9-13(11)17/h7-9,12H,5-6,18H2,1-4H3/b19-14-. The normalized spacial score (nSPS) is 14.5. The van der Waals surface area contributed by atoms with Crippen LogP contribution in [0.2, 0.25) is 10.0 Å². The maximum absolute atomic E-state index is 6.28. The van der Waals surface area contributed by atoms with E-state index in [1.807, 2.05) is 12.1 Å². The molecule has 0 aromatic heterocycles. The Morgan fingerprint density at radius 2 is 1.95 bits per heavy atom. The topological polar surface area (TPSA) is 38.4 Å². The molecule has 0 aliphatic rings. The summed E-state index contributed by atoms with van der Waals surface area (Å²) in [6.45, 7) is 8.75. The molecule has 0 aliphatic heterocycles.